The van der Waals surface area contributed by atoms with Gasteiger partial charge in [-0.1, -0.05) is 6.07 Å². The molecule has 3 rings (SSSR count). The Kier molecular flexibility index (Phi) is 3.06. The van der Waals surface area contributed by atoms with E-state index in [1.807, 2.05) is 6.07 Å². The molecule has 2 N–H and O–H groups in total. The molecule has 0 radical (unpaired) electrons. The van der Waals surface area contributed by atoms with Crippen molar-refractivity contribution in [2.24, 2.45) is 11.0 Å². The second-order valence-corrected chi connectivity index (χ2v) is 5.26. The van der Waals surface area contributed by atoms with Gasteiger partial charge >= 0.3 is 0 Å². The Balaban J connectivity index is 1.85. The van der Waals surface area contributed by atoms with Gasteiger partial charge in [-0.25, -0.2) is 0 Å². The Morgan fingerprint density at radius 1 is 1.47 bits per heavy atom. The normalized spacial score (nSPS) is 26.5. The fraction of sp³-hybridized carbons (Fsp3) is 0.500. The summed E-state index contributed by atoms with van der Waals surface area (Å²) in [6.07, 6.45) is 1.02. The Hall–Kier alpha value is -1.75. The van der Waals surface area contributed by atoms with Gasteiger partial charge < -0.3 is 20.2 Å². The molecule has 0 saturated carbocycles. The van der Waals surface area contributed by atoms with Crippen LogP contribution in [0.15, 0.2) is 23.3 Å². The van der Waals surface area contributed by atoms with E-state index in [1.165, 1.54) is 5.71 Å². The van der Waals surface area contributed by atoms with Crippen molar-refractivity contribution in [2.75, 3.05) is 27.2 Å². The predicted molar refractivity (Wildman–Crippen MR) is 73.6 cm³/mol. The third kappa shape index (κ3) is 2.14. The lowest BCUT2D eigenvalue weighted by Crippen LogP contribution is -2.39. The molecule has 1 aromatic carbocycles. The smallest absolute Gasteiger partial charge is 0.160 e. The van der Waals surface area contributed by atoms with Crippen molar-refractivity contribution < 1.29 is 9.84 Å². The first-order valence-corrected chi connectivity index (χ1v) is 6.56. The summed E-state index contributed by atoms with van der Waals surface area (Å²) in [5.74, 6) is 1.08. The van der Waals surface area contributed by atoms with E-state index >= 15 is 0 Å². The van der Waals surface area contributed by atoms with Crippen LogP contribution in [0.2, 0.25) is 0 Å². The fourth-order valence-corrected chi connectivity index (χ4v) is 2.91. The summed E-state index contributed by atoms with van der Waals surface area (Å²) >= 11 is 0. The second-order valence-electron chi connectivity index (χ2n) is 5.26. The van der Waals surface area contributed by atoms with E-state index in [2.05, 4.69) is 22.5 Å². The van der Waals surface area contributed by atoms with E-state index in [-0.39, 0.29) is 11.8 Å². The van der Waals surface area contributed by atoms with Gasteiger partial charge in [-0.05, 0) is 24.7 Å². The van der Waals surface area contributed by atoms with Crippen LogP contribution in [0, 0.1) is 5.92 Å². The molecule has 0 bridgehead atoms. The number of nitrogens with one attached hydrogen (secondary N) is 1. The number of rotatable bonds is 2. The molecule has 5 heteroatoms. The molecule has 0 aliphatic carbocycles. The van der Waals surface area contributed by atoms with Crippen molar-refractivity contribution in [3.8, 4) is 11.5 Å². The molecule has 2 unspecified atom stereocenters. The van der Waals surface area contributed by atoms with Gasteiger partial charge in [0.15, 0.2) is 11.5 Å². The number of methoxy groups -OCH3 is 1. The van der Waals surface area contributed by atoms with Gasteiger partial charge in [0, 0.05) is 31.1 Å². The summed E-state index contributed by atoms with van der Waals surface area (Å²) in [4.78, 5) is 2.33. The van der Waals surface area contributed by atoms with Crippen LogP contribution in [0.5, 0.6) is 11.5 Å². The van der Waals surface area contributed by atoms with E-state index < -0.39 is 0 Å². The molecule has 5 nitrogen and oxygen atoms in total. The van der Waals surface area contributed by atoms with Crippen molar-refractivity contribution in [2.45, 2.75) is 12.5 Å². The molecular formula is C14H19N3O2. The summed E-state index contributed by atoms with van der Waals surface area (Å²) in [6, 6.07) is 5.71. The first-order chi connectivity index (χ1) is 9.19. The summed E-state index contributed by atoms with van der Waals surface area (Å²) < 4.78 is 5.08. The van der Waals surface area contributed by atoms with E-state index in [0.29, 0.717) is 11.7 Å². The first kappa shape index (κ1) is 12.3. The van der Waals surface area contributed by atoms with Crippen molar-refractivity contribution in [3.05, 3.63) is 23.8 Å². The molecule has 0 amide bonds. The molecular weight excluding hydrogens is 242 g/mol. The molecule has 1 saturated heterocycles. The van der Waals surface area contributed by atoms with Crippen LogP contribution < -0.4 is 10.2 Å². The zero-order valence-corrected chi connectivity index (χ0v) is 11.3. The number of hydrogen-bond donors (Lipinski definition) is 2. The van der Waals surface area contributed by atoms with Crippen LogP contribution >= 0.6 is 0 Å². The Morgan fingerprint density at radius 2 is 2.32 bits per heavy atom. The van der Waals surface area contributed by atoms with E-state index in [4.69, 9.17) is 4.74 Å². The minimum Gasteiger partial charge on any atom is -0.504 e. The number of aromatic hydroxyl groups is 1. The Bertz CT molecular complexity index is 515. The third-order valence-corrected chi connectivity index (χ3v) is 4.00. The second kappa shape index (κ2) is 4.74. The number of nitrogens with zero attached hydrogens (tertiary/aromatic N) is 2. The lowest BCUT2D eigenvalue weighted by atomic mass is 9.86. The Labute approximate surface area is 112 Å². The maximum absolute atomic E-state index is 9.90. The molecule has 1 fully saturated rings. The number of phenols is 1. The summed E-state index contributed by atoms with van der Waals surface area (Å²) in [6.45, 7) is 2.07. The summed E-state index contributed by atoms with van der Waals surface area (Å²) in [5, 5.41) is 14.3. The molecule has 102 valence electrons. The van der Waals surface area contributed by atoms with Crippen molar-refractivity contribution in [3.63, 3.8) is 0 Å². The van der Waals surface area contributed by atoms with Crippen LogP contribution in [0.4, 0.5) is 0 Å². The highest BCUT2D eigenvalue weighted by molar-refractivity contribution is 5.89. The number of phenolic OH excluding ortho intramolecular Hbond substituents is 1. The van der Waals surface area contributed by atoms with Crippen LogP contribution in [0.3, 0.4) is 0 Å². The molecule has 2 aliphatic heterocycles. The number of hydrogen-bond acceptors (Lipinski definition) is 5. The predicted octanol–water partition coefficient (Wildman–Crippen LogP) is 1.35. The lowest BCUT2D eigenvalue weighted by Gasteiger charge is -2.31. The van der Waals surface area contributed by atoms with E-state index in [9.17, 15) is 5.11 Å². The van der Waals surface area contributed by atoms with Gasteiger partial charge in [0.2, 0.25) is 0 Å². The largest absolute Gasteiger partial charge is 0.504 e. The molecule has 0 spiro atoms. The van der Waals surface area contributed by atoms with Crippen molar-refractivity contribution >= 4 is 5.71 Å². The van der Waals surface area contributed by atoms with E-state index in [1.54, 1.807) is 19.2 Å². The number of hydrazone groups is 1. The highest BCUT2D eigenvalue weighted by atomic mass is 16.5. The number of piperidine rings is 1. The van der Waals surface area contributed by atoms with Gasteiger partial charge in [-0.15, -0.1) is 0 Å². The zero-order valence-electron chi connectivity index (χ0n) is 11.3. The number of benzene rings is 1. The fourth-order valence-electron chi connectivity index (χ4n) is 2.91. The molecule has 2 aliphatic rings. The van der Waals surface area contributed by atoms with Gasteiger partial charge in [-0.3, -0.25) is 0 Å². The van der Waals surface area contributed by atoms with Crippen LogP contribution in [-0.2, 0) is 0 Å². The average Bonchev–Trinajstić information content (AvgIpc) is 2.81. The monoisotopic (exact) mass is 261 g/mol. The Morgan fingerprint density at radius 3 is 3.05 bits per heavy atom. The number of ether oxygens (including phenoxy) is 1. The van der Waals surface area contributed by atoms with Gasteiger partial charge in [0.05, 0.1) is 13.2 Å². The SMILES string of the molecule is COc1ccc(C2NN=C3CCN(C)CC32)cc1O. The van der Waals surface area contributed by atoms with Crippen molar-refractivity contribution in [1.82, 2.24) is 10.3 Å². The highest BCUT2D eigenvalue weighted by Gasteiger charge is 2.36. The maximum Gasteiger partial charge on any atom is 0.160 e. The molecule has 1 aromatic rings. The maximum atomic E-state index is 9.90. The number of fused-ring (bicyclic) bond motifs is 1. The van der Waals surface area contributed by atoms with Crippen LogP contribution in [-0.4, -0.2) is 43.0 Å². The summed E-state index contributed by atoms with van der Waals surface area (Å²) in [7, 11) is 3.69. The van der Waals surface area contributed by atoms with Gasteiger partial charge in [0.1, 0.15) is 0 Å². The average molecular weight is 261 g/mol. The van der Waals surface area contributed by atoms with Crippen molar-refractivity contribution in [1.29, 1.82) is 0 Å². The summed E-state index contributed by atoms with van der Waals surface area (Å²) in [5.41, 5.74) is 5.51. The lowest BCUT2D eigenvalue weighted by molar-refractivity contribution is 0.272. The third-order valence-electron chi connectivity index (χ3n) is 4.00. The molecule has 19 heavy (non-hydrogen) atoms. The highest BCUT2D eigenvalue weighted by Crippen LogP contribution is 2.35. The molecule has 2 atom stereocenters. The zero-order chi connectivity index (χ0) is 13.4. The van der Waals surface area contributed by atoms with Gasteiger partial charge in [0.25, 0.3) is 0 Å². The topological polar surface area (TPSA) is 57.1 Å². The van der Waals surface area contributed by atoms with E-state index in [0.717, 1.165) is 25.1 Å². The molecule has 0 aromatic heterocycles. The standard InChI is InChI=1S/C14H19N3O2/c1-17-6-5-11-10(8-17)14(16-15-11)9-3-4-13(19-2)12(18)7-9/h3-4,7,10,14,16,18H,5-6,8H2,1-2H3. The van der Waals surface area contributed by atoms with Gasteiger partial charge in [-0.2, -0.15) is 5.10 Å². The molecule has 2 heterocycles. The van der Waals surface area contributed by atoms with Crippen LogP contribution in [0.1, 0.15) is 18.0 Å². The minimum absolute atomic E-state index is 0.148. The minimum atomic E-state index is 0.148. The first-order valence-electron chi connectivity index (χ1n) is 6.56. The van der Waals surface area contributed by atoms with Crippen LogP contribution in [0.25, 0.3) is 0 Å². The quantitative estimate of drug-likeness (QED) is 0.844. The number of likely N-dealkylation sites (tertiary alicyclic amines) is 1.